The van der Waals surface area contributed by atoms with Gasteiger partial charge in [0.05, 0.1) is 33.1 Å². The lowest BCUT2D eigenvalue weighted by molar-refractivity contribution is 0.953. The Labute approximate surface area is 397 Å². The number of hydrogen-bond acceptors (Lipinski definition) is 3. The van der Waals surface area contributed by atoms with E-state index in [1.54, 1.807) is 0 Å². The highest BCUT2D eigenvalue weighted by Gasteiger charge is 2.25. The minimum Gasteiger partial charge on any atom is -0.309 e. The monoisotopic (exact) mass is 880 g/mol. The predicted molar refractivity (Wildman–Crippen MR) is 285 cm³/mol. The fourth-order valence-corrected chi connectivity index (χ4v) is 10.6. The zero-order chi connectivity index (χ0) is 45.4. The summed E-state index contributed by atoms with van der Waals surface area (Å²) in [6.45, 7) is 0. The van der Waals surface area contributed by atoms with Gasteiger partial charge < -0.3 is 9.13 Å². The third-order valence-corrected chi connectivity index (χ3v) is 13.7. The van der Waals surface area contributed by atoms with E-state index < -0.39 is 0 Å². The Hall–Kier alpha value is -9.39. The summed E-state index contributed by atoms with van der Waals surface area (Å²) in [6, 6.07) is 86.2. The molecule has 14 aromatic rings. The normalized spacial score (nSPS) is 11.8. The Morgan fingerprint density at radius 3 is 1.29 bits per heavy atom. The van der Waals surface area contributed by atoms with Gasteiger partial charge in [-0.05, 0) is 76.9 Å². The van der Waals surface area contributed by atoms with Crippen molar-refractivity contribution in [3.63, 3.8) is 0 Å². The smallest absolute Gasteiger partial charge is 0.238 e. The maximum atomic E-state index is 5.58. The van der Waals surface area contributed by atoms with Gasteiger partial charge in [-0.1, -0.05) is 188 Å². The molecule has 0 radical (unpaired) electrons. The van der Waals surface area contributed by atoms with Gasteiger partial charge in [0.1, 0.15) is 0 Å². The van der Waals surface area contributed by atoms with Crippen LogP contribution in [0.25, 0.3) is 128 Å². The van der Waals surface area contributed by atoms with Gasteiger partial charge >= 0.3 is 0 Å². The minimum atomic E-state index is 0.544. The number of rotatable bonds is 7. The lowest BCUT2D eigenvalue weighted by atomic mass is 9.99. The number of nitrogens with zero attached hydrogens (tertiary/aromatic N) is 6. The Kier molecular flexibility index (Phi) is 8.79. The van der Waals surface area contributed by atoms with Crippen LogP contribution in [0.2, 0.25) is 0 Å². The molecule has 0 fully saturated rings. The van der Waals surface area contributed by atoms with Gasteiger partial charge in [0.25, 0.3) is 0 Å². The Balaban J connectivity index is 1.04. The van der Waals surface area contributed by atoms with Crippen molar-refractivity contribution in [2.45, 2.75) is 0 Å². The van der Waals surface area contributed by atoms with Gasteiger partial charge in [-0.25, -0.2) is 4.98 Å². The van der Waals surface area contributed by atoms with Gasteiger partial charge in [-0.3, -0.25) is 4.57 Å². The average molecular weight is 881 g/mol. The quantitative estimate of drug-likeness (QED) is 0.160. The molecule has 10 aromatic carbocycles. The van der Waals surface area contributed by atoms with Crippen molar-refractivity contribution in [3.05, 3.63) is 243 Å². The van der Waals surface area contributed by atoms with Gasteiger partial charge in [-0.15, -0.1) is 0 Å². The van der Waals surface area contributed by atoms with Gasteiger partial charge in [0, 0.05) is 54.8 Å². The molecule has 0 bridgehead atoms. The van der Waals surface area contributed by atoms with Crippen molar-refractivity contribution in [1.29, 1.82) is 0 Å². The van der Waals surface area contributed by atoms with E-state index >= 15 is 0 Å². The van der Waals surface area contributed by atoms with Crippen LogP contribution in [0.3, 0.4) is 0 Å². The standard InChI is InChI=1S/C63H40N6/c1-4-18-41(19-5-1)44-22-16-23-45(40-44)42-34-36-47(37-35-42)68-56-32-14-11-27-49(56)52-38-39-53-50-28-12-15-33-57(50)69(60(53)59(52)68)63-65-61(43-20-6-2-7-21-43)64-62(66-63)54-30-17-29-51-48-26-10-13-31-55(48)67(58(51)54)46-24-8-3-9-25-46/h1-40H. The van der Waals surface area contributed by atoms with Crippen molar-refractivity contribution < 1.29 is 0 Å². The fraction of sp³-hybridized carbons (Fsp3) is 0. The Bertz CT molecular complexity index is 4280. The summed E-state index contributed by atoms with van der Waals surface area (Å²) in [4.78, 5) is 16.4. The second-order valence-corrected chi connectivity index (χ2v) is 17.6. The number of benzene rings is 10. The van der Waals surface area contributed by atoms with E-state index in [4.69, 9.17) is 15.0 Å². The van der Waals surface area contributed by atoms with E-state index in [-0.39, 0.29) is 0 Å². The summed E-state index contributed by atoms with van der Waals surface area (Å²) >= 11 is 0. The molecule has 0 aliphatic carbocycles. The van der Waals surface area contributed by atoms with Crippen LogP contribution in [0.1, 0.15) is 0 Å². The average Bonchev–Trinajstić information content (AvgIpc) is 4.08. The molecule has 322 valence electrons. The highest BCUT2D eigenvalue weighted by molar-refractivity contribution is 6.24. The molecule has 0 unspecified atom stereocenters. The maximum Gasteiger partial charge on any atom is 0.238 e. The highest BCUT2D eigenvalue weighted by Crippen LogP contribution is 2.43. The fourth-order valence-electron chi connectivity index (χ4n) is 10.6. The molecule has 14 rings (SSSR count). The van der Waals surface area contributed by atoms with Crippen LogP contribution in [0.5, 0.6) is 0 Å². The molecular formula is C63H40N6. The Morgan fingerprint density at radius 1 is 0.246 bits per heavy atom. The van der Waals surface area contributed by atoms with E-state index in [1.165, 1.54) is 27.5 Å². The molecule has 0 saturated heterocycles. The summed E-state index contributed by atoms with van der Waals surface area (Å²) in [5.41, 5.74) is 15.1. The van der Waals surface area contributed by atoms with Crippen LogP contribution in [0.4, 0.5) is 0 Å². The van der Waals surface area contributed by atoms with Crippen molar-refractivity contribution in [3.8, 4) is 62.4 Å². The topological polar surface area (TPSA) is 53.5 Å². The highest BCUT2D eigenvalue weighted by atomic mass is 15.2. The molecule has 0 amide bonds. The van der Waals surface area contributed by atoms with E-state index in [2.05, 4.69) is 238 Å². The molecule has 0 N–H and O–H groups in total. The number of para-hydroxylation sites is 5. The summed E-state index contributed by atoms with van der Waals surface area (Å²) in [5.74, 6) is 1.73. The SMILES string of the molecule is c1ccc(-c2cccc(-c3ccc(-n4c5ccccc5c5ccc6c7ccccc7n(-c7nc(-c8ccccc8)nc(-c8cccc9c%10ccccc%10n(-c%10ccccc%10)c89)n7)c6c54)cc3)c2)cc1. The van der Waals surface area contributed by atoms with Crippen LogP contribution in [-0.4, -0.2) is 28.7 Å². The number of hydrogen-bond donors (Lipinski definition) is 0. The number of fused-ring (bicyclic) bond motifs is 10. The number of aromatic nitrogens is 6. The first kappa shape index (κ1) is 38.8. The maximum absolute atomic E-state index is 5.58. The first-order valence-corrected chi connectivity index (χ1v) is 23.4. The summed E-state index contributed by atoms with van der Waals surface area (Å²) in [5, 5.41) is 6.86. The summed E-state index contributed by atoms with van der Waals surface area (Å²) in [7, 11) is 0. The van der Waals surface area contributed by atoms with Gasteiger partial charge in [0.15, 0.2) is 11.6 Å². The van der Waals surface area contributed by atoms with Gasteiger partial charge in [-0.2, -0.15) is 9.97 Å². The molecule has 0 aliphatic heterocycles. The minimum absolute atomic E-state index is 0.544. The summed E-state index contributed by atoms with van der Waals surface area (Å²) in [6.07, 6.45) is 0. The lowest BCUT2D eigenvalue weighted by Gasteiger charge is -2.15. The largest absolute Gasteiger partial charge is 0.309 e. The van der Waals surface area contributed by atoms with Crippen molar-refractivity contribution in [2.24, 2.45) is 0 Å². The molecule has 0 saturated carbocycles. The molecule has 0 aliphatic rings. The zero-order valence-electron chi connectivity index (χ0n) is 37.3. The third kappa shape index (κ3) is 6.16. The first-order valence-electron chi connectivity index (χ1n) is 23.4. The molecular weight excluding hydrogens is 841 g/mol. The van der Waals surface area contributed by atoms with Crippen molar-refractivity contribution in [2.75, 3.05) is 0 Å². The lowest BCUT2D eigenvalue weighted by Crippen LogP contribution is -2.08. The van der Waals surface area contributed by atoms with E-state index in [0.717, 1.165) is 82.7 Å². The van der Waals surface area contributed by atoms with Crippen LogP contribution < -0.4 is 0 Å². The van der Waals surface area contributed by atoms with Gasteiger partial charge in [0.2, 0.25) is 5.95 Å². The Morgan fingerprint density at radius 2 is 0.667 bits per heavy atom. The predicted octanol–water partition coefficient (Wildman–Crippen LogP) is 15.8. The third-order valence-electron chi connectivity index (χ3n) is 13.7. The van der Waals surface area contributed by atoms with E-state index in [0.29, 0.717) is 17.6 Å². The van der Waals surface area contributed by atoms with E-state index in [9.17, 15) is 0 Å². The molecule has 0 spiro atoms. The van der Waals surface area contributed by atoms with Crippen LogP contribution in [0.15, 0.2) is 243 Å². The van der Waals surface area contributed by atoms with Crippen molar-refractivity contribution >= 4 is 65.4 Å². The second kappa shape index (κ2) is 15.6. The molecule has 6 heteroatoms. The molecule has 69 heavy (non-hydrogen) atoms. The van der Waals surface area contributed by atoms with Crippen LogP contribution in [-0.2, 0) is 0 Å². The summed E-state index contributed by atoms with van der Waals surface area (Å²) < 4.78 is 7.04. The molecule has 4 aromatic heterocycles. The second-order valence-electron chi connectivity index (χ2n) is 17.6. The van der Waals surface area contributed by atoms with Crippen LogP contribution in [0, 0.1) is 0 Å². The van der Waals surface area contributed by atoms with Crippen LogP contribution >= 0.6 is 0 Å². The molecule has 6 nitrogen and oxygen atoms in total. The van der Waals surface area contributed by atoms with E-state index in [1.807, 2.05) is 18.2 Å². The molecule has 4 heterocycles. The first-order chi connectivity index (χ1) is 34.2. The van der Waals surface area contributed by atoms with Crippen molar-refractivity contribution in [1.82, 2.24) is 28.7 Å². The molecule has 0 atom stereocenters. The zero-order valence-corrected chi connectivity index (χ0v) is 37.3.